The van der Waals surface area contributed by atoms with E-state index in [4.69, 9.17) is 4.74 Å². The lowest BCUT2D eigenvalue weighted by Crippen LogP contribution is -2.52. The molecule has 0 aliphatic rings. The topological polar surface area (TPSA) is 96.0 Å². The van der Waals surface area contributed by atoms with Gasteiger partial charge in [0.25, 0.3) is 0 Å². The molecular formula is C25H34FN3O5S. The largest absolute Gasteiger partial charge is 0.495 e. The van der Waals surface area contributed by atoms with Crippen LogP contribution in [0, 0.1) is 12.7 Å². The summed E-state index contributed by atoms with van der Waals surface area (Å²) >= 11 is 0. The molecule has 192 valence electrons. The number of methoxy groups -OCH3 is 1. The van der Waals surface area contributed by atoms with E-state index >= 15 is 0 Å². The molecule has 0 bridgehead atoms. The summed E-state index contributed by atoms with van der Waals surface area (Å²) in [4.78, 5) is 27.9. The fourth-order valence-electron chi connectivity index (χ4n) is 3.66. The van der Waals surface area contributed by atoms with Crippen LogP contribution in [-0.2, 0) is 26.2 Å². The molecule has 0 fully saturated rings. The van der Waals surface area contributed by atoms with Crippen molar-refractivity contribution in [1.29, 1.82) is 0 Å². The molecule has 0 saturated carbocycles. The molecule has 0 radical (unpaired) electrons. The van der Waals surface area contributed by atoms with Gasteiger partial charge in [-0.3, -0.25) is 13.9 Å². The van der Waals surface area contributed by atoms with E-state index in [1.807, 2.05) is 6.92 Å². The molecule has 0 saturated heterocycles. The Morgan fingerprint density at radius 1 is 1.11 bits per heavy atom. The minimum absolute atomic E-state index is 0.0136. The molecule has 1 N–H and O–H groups in total. The van der Waals surface area contributed by atoms with Crippen molar-refractivity contribution in [2.24, 2.45) is 0 Å². The number of rotatable bonds is 12. The Kier molecular flexibility index (Phi) is 10.1. The highest BCUT2D eigenvalue weighted by molar-refractivity contribution is 7.92. The number of carbonyl (C=O) groups is 2. The van der Waals surface area contributed by atoms with E-state index in [0.29, 0.717) is 24.3 Å². The summed E-state index contributed by atoms with van der Waals surface area (Å²) in [6.45, 7) is 5.43. The fraction of sp³-hybridized carbons (Fsp3) is 0.440. The summed E-state index contributed by atoms with van der Waals surface area (Å²) in [5.74, 6) is -1.02. The predicted molar refractivity (Wildman–Crippen MR) is 134 cm³/mol. The second kappa shape index (κ2) is 12.5. The number of aryl methyl sites for hydroxylation is 1. The summed E-state index contributed by atoms with van der Waals surface area (Å²) in [6.07, 6.45) is 2.05. The van der Waals surface area contributed by atoms with Crippen LogP contribution >= 0.6 is 0 Å². The lowest BCUT2D eigenvalue weighted by molar-refractivity contribution is -0.140. The summed E-state index contributed by atoms with van der Waals surface area (Å²) in [6, 6.07) is 9.82. The van der Waals surface area contributed by atoms with Gasteiger partial charge in [-0.1, -0.05) is 32.0 Å². The van der Waals surface area contributed by atoms with Gasteiger partial charge >= 0.3 is 0 Å². The number of halogens is 1. The van der Waals surface area contributed by atoms with Crippen LogP contribution in [0.4, 0.5) is 10.1 Å². The summed E-state index contributed by atoms with van der Waals surface area (Å²) in [7, 11) is -2.47. The molecule has 35 heavy (non-hydrogen) atoms. The first-order valence-corrected chi connectivity index (χ1v) is 13.3. The molecule has 2 rings (SSSR count). The number of benzene rings is 2. The molecule has 2 amide bonds. The Labute approximate surface area is 207 Å². The van der Waals surface area contributed by atoms with Crippen molar-refractivity contribution in [3.63, 3.8) is 0 Å². The third-order valence-corrected chi connectivity index (χ3v) is 6.61. The first-order valence-electron chi connectivity index (χ1n) is 11.5. The van der Waals surface area contributed by atoms with E-state index in [0.717, 1.165) is 22.5 Å². The van der Waals surface area contributed by atoms with Gasteiger partial charge in [0.05, 0.1) is 19.1 Å². The van der Waals surface area contributed by atoms with Crippen molar-refractivity contribution in [3.05, 3.63) is 59.4 Å². The zero-order chi connectivity index (χ0) is 26.2. The van der Waals surface area contributed by atoms with E-state index in [1.165, 1.54) is 36.3 Å². The molecule has 0 aliphatic heterocycles. The van der Waals surface area contributed by atoms with Crippen molar-refractivity contribution in [3.8, 4) is 5.75 Å². The van der Waals surface area contributed by atoms with Crippen LogP contribution in [0.3, 0.4) is 0 Å². The maximum Gasteiger partial charge on any atom is 0.244 e. The van der Waals surface area contributed by atoms with Gasteiger partial charge in [0, 0.05) is 13.1 Å². The molecule has 2 aromatic rings. The van der Waals surface area contributed by atoms with E-state index in [9.17, 15) is 22.4 Å². The average molecular weight is 508 g/mol. The molecule has 0 aliphatic carbocycles. The van der Waals surface area contributed by atoms with Crippen molar-refractivity contribution in [2.75, 3.05) is 30.8 Å². The number of sulfonamides is 1. The standard InChI is InChI=1S/C25H34FN3O5S/c1-6-14-27-25(31)21(7-2)28(16-19-9-11-20(26)12-10-19)24(30)17-29(35(5,32)33)22-15-18(3)8-13-23(22)34-4/h8-13,15,21H,6-7,14,16-17H2,1-5H3,(H,27,31). The van der Waals surface area contributed by atoms with Gasteiger partial charge in [-0.2, -0.15) is 0 Å². The van der Waals surface area contributed by atoms with Gasteiger partial charge in [0.15, 0.2) is 0 Å². The number of anilines is 1. The highest BCUT2D eigenvalue weighted by Gasteiger charge is 2.32. The van der Waals surface area contributed by atoms with Crippen molar-refractivity contribution in [1.82, 2.24) is 10.2 Å². The Balaban J connectivity index is 2.48. The SMILES string of the molecule is CCCNC(=O)C(CC)N(Cc1ccc(F)cc1)C(=O)CN(c1cc(C)ccc1OC)S(C)(=O)=O. The number of hydrogen-bond donors (Lipinski definition) is 1. The Hall–Kier alpha value is -3.14. The second-order valence-electron chi connectivity index (χ2n) is 8.31. The van der Waals surface area contributed by atoms with Crippen LogP contribution in [0.5, 0.6) is 5.75 Å². The molecule has 1 unspecified atom stereocenters. The van der Waals surface area contributed by atoms with Crippen molar-refractivity contribution in [2.45, 2.75) is 46.2 Å². The number of ether oxygens (including phenoxy) is 1. The summed E-state index contributed by atoms with van der Waals surface area (Å²) < 4.78 is 45.3. The Morgan fingerprint density at radius 2 is 1.77 bits per heavy atom. The third kappa shape index (κ3) is 7.68. The highest BCUT2D eigenvalue weighted by Crippen LogP contribution is 2.31. The number of nitrogens with one attached hydrogen (secondary N) is 1. The van der Waals surface area contributed by atoms with Crippen LogP contribution in [0.15, 0.2) is 42.5 Å². The third-order valence-electron chi connectivity index (χ3n) is 5.48. The lowest BCUT2D eigenvalue weighted by Gasteiger charge is -2.33. The zero-order valence-electron chi connectivity index (χ0n) is 20.9. The lowest BCUT2D eigenvalue weighted by atomic mass is 10.1. The van der Waals surface area contributed by atoms with Crippen LogP contribution in [0.2, 0.25) is 0 Å². The predicted octanol–water partition coefficient (Wildman–Crippen LogP) is 3.24. The first-order chi connectivity index (χ1) is 16.5. The molecule has 10 heteroatoms. The zero-order valence-corrected chi connectivity index (χ0v) is 21.7. The molecule has 8 nitrogen and oxygen atoms in total. The number of amides is 2. The van der Waals surface area contributed by atoms with Crippen LogP contribution in [0.1, 0.15) is 37.8 Å². The normalized spacial score (nSPS) is 12.1. The maximum absolute atomic E-state index is 13.6. The smallest absolute Gasteiger partial charge is 0.244 e. The van der Waals surface area contributed by atoms with Gasteiger partial charge in [0.2, 0.25) is 21.8 Å². The molecular weight excluding hydrogens is 473 g/mol. The molecule has 0 spiro atoms. The summed E-state index contributed by atoms with van der Waals surface area (Å²) in [5.41, 5.74) is 1.63. The first kappa shape index (κ1) is 28.1. The summed E-state index contributed by atoms with van der Waals surface area (Å²) in [5, 5.41) is 2.81. The minimum Gasteiger partial charge on any atom is -0.495 e. The van der Waals surface area contributed by atoms with Gasteiger partial charge in [-0.15, -0.1) is 0 Å². The van der Waals surface area contributed by atoms with Gasteiger partial charge in [0.1, 0.15) is 24.2 Å². The molecule has 0 heterocycles. The Bertz CT molecular complexity index is 1120. The van der Waals surface area contributed by atoms with Crippen LogP contribution in [-0.4, -0.2) is 57.6 Å². The van der Waals surface area contributed by atoms with E-state index in [1.54, 1.807) is 32.0 Å². The average Bonchev–Trinajstić information content (AvgIpc) is 2.81. The van der Waals surface area contributed by atoms with Gasteiger partial charge < -0.3 is 15.0 Å². The second-order valence-corrected chi connectivity index (χ2v) is 10.2. The quantitative estimate of drug-likeness (QED) is 0.476. The number of nitrogens with zero attached hydrogens (tertiary/aromatic N) is 2. The number of carbonyl (C=O) groups excluding carboxylic acids is 2. The van der Waals surface area contributed by atoms with E-state index in [-0.39, 0.29) is 18.1 Å². The van der Waals surface area contributed by atoms with Crippen molar-refractivity contribution < 1.29 is 27.1 Å². The molecule has 1 atom stereocenters. The molecule has 0 aromatic heterocycles. The monoisotopic (exact) mass is 507 g/mol. The van der Waals surface area contributed by atoms with Gasteiger partial charge in [-0.25, -0.2) is 12.8 Å². The fourth-order valence-corrected chi connectivity index (χ4v) is 4.51. The maximum atomic E-state index is 13.6. The van der Waals surface area contributed by atoms with E-state index in [2.05, 4.69) is 5.32 Å². The Morgan fingerprint density at radius 3 is 2.31 bits per heavy atom. The molecule has 2 aromatic carbocycles. The van der Waals surface area contributed by atoms with Crippen LogP contribution in [0.25, 0.3) is 0 Å². The number of hydrogen-bond acceptors (Lipinski definition) is 5. The van der Waals surface area contributed by atoms with E-state index < -0.39 is 34.3 Å². The van der Waals surface area contributed by atoms with Crippen molar-refractivity contribution >= 4 is 27.5 Å². The van der Waals surface area contributed by atoms with Gasteiger partial charge in [-0.05, 0) is 55.2 Å². The highest BCUT2D eigenvalue weighted by atomic mass is 32.2. The van der Waals surface area contributed by atoms with Crippen LogP contribution < -0.4 is 14.4 Å². The minimum atomic E-state index is -3.89.